The summed E-state index contributed by atoms with van der Waals surface area (Å²) in [5.74, 6) is -0.0481. The zero-order chi connectivity index (χ0) is 13.1. The highest BCUT2D eigenvalue weighted by atomic mass is 16.2. The molecule has 0 bridgehead atoms. The van der Waals surface area contributed by atoms with Crippen molar-refractivity contribution in [3.63, 3.8) is 0 Å². The molecule has 0 aromatic carbocycles. The van der Waals surface area contributed by atoms with Crippen molar-refractivity contribution in [1.29, 1.82) is 0 Å². The molecule has 2 aliphatic rings. The maximum absolute atomic E-state index is 11.1. The fourth-order valence-electron chi connectivity index (χ4n) is 1.66. The highest BCUT2D eigenvalue weighted by Crippen LogP contribution is 2.19. The Morgan fingerprint density at radius 1 is 0.722 bits per heavy atom. The van der Waals surface area contributed by atoms with Crippen LogP contribution in [0.25, 0.3) is 0 Å². The van der Waals surface area contributed by atoms with Crippen molar-refractivity contribution in [1.82, 2.24) is 9.80 Å². The second-order valence-electron chi connectivity index (χ2n) is 4.03. The minimum absolute atomic E-state index is 0.0240. The molecular weight excluding hydrogens is 228 g/mol. The van der Waals surface area contributed by atoms with E-state index in [0.29, 0.717) is 0 Å². The molecule has 2 heterocycles. The third kappa shape index (κ3) is 2.48. The first-order chi connectivity index (χ1) is 8.58. The molecule has 0 saturated carbocycles. The molecule has 0 radical (unpaired) electrons. The number of hydrogen-bond donors (Lipinski definition) is 0. The summed E-state index contributed by atoms with van der Waals surface area (Å²) in [7, 11) is 0. The smallest absolute Gasteiger partial charge is 0.227 e. The second-order valence-corrected chi connectivity index (χ2v) is 4.03. The fourth-order valence-corrected chi connectivity index (χ4v) is 1.66. The fraction of sp³-hybridized carbons (Fsp3) is 0.143. The summed E-state index contributed by atoms with van der Waals surface area (Å²) >= 11 is 0. The van der Waals surface area contributed by atoms with Crippen molar-refractivity contribution in [2.75, 3.05) is 0 Å². The molecule has 0 N–H and O–H groups in total. The van der Waals surface area contributed by atoms with Crippen molar-refractivity contribution in [2.45, 2.75) is 13.8 Å². The molecule has 0 atom stereocenters. The van der Waals surface area contributed by atoms with Crippen LogP contribution < -0.4 is 0 Å². The summed E-state index contributed by atoms with van der Waals surface area (Å²) in [6.07, 6.45) is 14.4. The topological polar surface area (TPSA) is 40.6 Å². The molecule has 0 fully saturated rings. The van der Waals surface area contributed by atoms with Crippen molar-refractivity contribution in [2.24, 2.45) is 0 Å². The maximum atomic E-state index is 11.1. The third-order valence-corrected chi connectivity index (χ3v) is 2.72. The SMILES string of the molecule is CC(=O)N1C=CC(=C2C=CN(C(C)=O)C=C2)C=C1. The molecule has 4 nitrogen and oxygen atoms in total. The lowest BCUT2D eigenvalue weighted by Crippen LogP contribution is -2.18. The van der Waals surface area contributed by atoms with Crippen molar-refractivity contribution in [3.8, 4) is 0 Å². The Morgan fingerprint density at radius 2 is 1.00 bits per heavy atom. The molecule has 92 valence electrons. The lowest BCUT2D eigenvalue weighted by Gasteiger charge is -2.18. The quantitative estimate of drug-likeness (QED) is 0.652. The number of amides is 2. The minimum Gasteiger partial charge on any atom is -0.295 e. The number of carbonyl (C=O) groups is 2. The Balaban J connectivity index is 2.18. The van der Waals surface area contributed by atoms with Crippen LogP contribution in [0.3, 0.4) is 0 Å². The predicted molar refractivity (Wildman–Crippen MR) is 68.6 cm³/mol. The van der Waals surface area contributed by atoms with Crippen LogP contribution in [0.4, 0.5) is 0 Å². The van der Waals surface area contributed by atoms with Crippen LogP contribution in [-0.4, -0.2) is 21.6 Å². The average Bonchev–Trinajstić information content (AvgIpc) is 2.39. The first-order valence-electron chi connectivity index (χ1n) is 5.63. The van der Waals surface area contributed by atoms with Crippen LogP contribution in [0, 0.1) is 0 Å². The van der Waals surface area contributed by atoms with Gasteiger partial charge in [-0.05, 0) is 35.5 Å². The Kier molecular flexibility index (Phi) is 3.28. The molecule has 0 spiro atoms. The van der Waals surface area contributed by atoms with E-state index in [2.05, 4.69) is 0 Å². The summed E-state index contributed by atoms with van der Waals surface area (Å²) in [6, 6.07) is 0. The van der Waals surface area contributed by atoms with E-state index in [1.165, 1.54) is 23.6 Å². The van der Waals surface area contributed by atoms with Gasteiger partial charge in [0.15, 0.2) is 0 Å². The number of nitrogens with zero attached hydrogens (tertiary/aromatic N) is 2. The summed E-state index contributed by atoms with van der Waals surface area (Å²) in [5, 5.41) is 0. The van der Waals surface area contributed by atoms with Gasteiger partial charge in [-0.25, -0.2) is 0 Å². The van der Waals surface area contributed by atoms with Crippen molar-refractivity contribution >= 4 is 11.8 Å². The number of hydrogen-bond acceptors (Lipinski definition) is 2. The van der Waals surface area contributed by atoms with Gasteiger partial charge in [0.25, 0.3) is 0 Å². The highest BCUT2D eigenvalue weighted by molar-refractivity contribution is 5.77. The van der Waals surface area contributed by atoms with E-state index in [0.717, 1.165) is 11.1 Å². The van der Waals surface area contributed by atoms with Crippen LogP contribution in [-0.2, 0) is 9.59 Å². The first kappa shape index (κ1) is 12.1. The van der Waals surface area contributed by atoms with Gasteiger partial charge in [0.2, 0.25) is 11.8 Å². The standard InChI is InChI=1S/C14H14N2O2/c1-11(17)15-7-3-13(4-8-15)14-5-9-16(10-6-14)12(2)18/h3-10H,1-2H3. The molecule has 0 saturated heterocycles. The Labute approximate surface area is 106 Å². The zero-order valence-electron chi connectivity index (χ0n) is 10.3. The summed E-state index contributed by atoms with van der Waals surface area (Å²) in [5.41, 5.74) is 2.01. The number of allylic oxidation sites excluding steroid dienone is 6. The van der Waals surface area contributed by atoms with E-state index in [-0.39, 0.29) is 11.8 Å². The number of carbonyl (C=O) groups excluding carboxylic acids is 2. The molecule has 2 amide bonds. The van der Waals surface area contributed by atoms with Crippen LogP contribution in [0.1, 0.15) is 13.8 Å². The average molecular weight is 242 g/mol. The number of rotatable bonds is 0. The van der Waals surface area contributed by atoms with Gasteiger partial charge in [0, 0.05) is 38.6 Å². The molecule has 0 unspecified atom stereocenters. The molecule has 18 heavy (non-hydrogen) atoms. The van der Waals surface area contributed by atoms with Crippen LogP contribution in [0.15, 0.2) is 60.3 Å². The first-order valence-corrected chi connectivity index (χ1v) is 5.63. The Morgan fingerprint density at radius 3 is 1.22 bits per heavy atom. The Bertz CT molecular complexity index is 456. The molecule has 0 aromatic rings. The molecule has 4 heteroatoms. The van der Waals surface area contributed by atoms with Crippen molar-refractivity contribution in [3.05, 3.63) is 60.3 Å². The second kappa shape index (κ2) is 4.87. The van der Waals surface area contributed by atoms with Crippen LogP contribution in [0.5, 0.6) is 0 Å². The van der Waals surface area contributed by atoms with E-state index in [1.54, 1.807) is 24.8 Å². The lowest BCUT2D eigenvalue weighted by molar-refractivity contribution is -0.125. The van der Waals surface area contributed by atoms with E-state index in [9.17, 15) is 9.59 Å². The zero-order valence-corrected chi connectivity index (χ0v) is 10.3. The van der Waals surface area contributed by atoms with Gasteiger partial charge < -0.3 is 0 Å². The molecule has 0 aliphatic carbocycles. The van der Waals surface area contributed by atoms with Gasteiger partial charge in [-0.1, -0.05) is 0 Å². The minimum atomic E-state index is -0.0240. The van der Waals surface area contributed by atoms with Gasteiger partial charge in [0.1, 0.15) is 0 Å². The highest BCUT2D eigenvalue weighted by Gasteiger charge is 2.09. The summed E-state index contributed by atoms with van der Waals surface area (Å²) < 4.78 is 0. The van der Waals surface area contributed by atoms with Gasteiger partial charge in [-0.2, -0.15) is 0 Å². The van der Waals surface area contributed by atoms with E-state index < -0.39 is 0 Å². The molecule has 0 aromatic heterocycles. The van der Waals surface area contributed by atoms with Gasteiger partial charge in [-0.3, -0.25) is 19.4 Å². The van der Waals surface area contributed by atoms with Gasteiger partial charge in [0.05, 0.1) is 0 Å². The normalized spacial score (nSPS) is 17.7. The largest absolute Gasteiger partial charge is 0.295 e. The van der Waals surface area contributed by atoms with Crippen LogP contribution in [0.2, 0.25) is 0 Å². The van der Waals surface area contributed by atoms with E-state index >= 15 is 0 Å². The monoisotopic (exact) mass is 242 g/mol. The Hall–Kier alpha value is -2.36. The third-order valence-electron chi connectivity index (χ3n) is 2.72. The predicted octanol–water partition coefficient (Wildman–Crippen LogP) is 2.06. The molecule has 2 rings (SSSR count). The maximum Gasteiger partial charge on any atom is 0.227 e. The summed E-state index contributed by atoms with van der Waals surface area (Å²) in [4.78, 5) is 25.3. The molecule has 2 aliphatic heterocycles. The summed E-state index contributed by atoms with van der Waals surface area (Å²) in [6.45, 7) is 3.02. The van der Waals surface area contributed by atoms with E-state index in [4.69, 9.17) is 0 Å². The van der Waals surface area contributed by atoms with Crippen LogP contribution >= 0.6 is 0 Å². The van der Waals surface area contributed by atoms with Gasteiger partial charge in [-0.15, -0.1) is 0 Å². The van der Waals surface area contributed by atoms with Gasteiger partial charge >= 0.3 is 0 Å². The molecular formula is C14H14N2O2. The van der Waals surface area contributed by atoms with Crippen molar-refractivity contribution < 1.29 is 9.59 Å². The lowest BCUT2D eigenvalue weighted by atomic mass is 10.0. The van der Waals surface area contributed by atoms with E-state index in [1.807, 2.05) is 24.3 Å².